The maximum atomic E-state index is 11.8. The average molecular weight is 189 g/mol. The van der Waals surface area contributed by atoms with Crippen LogP contribution in [0.25, 0.3) is 0 Å². The summed E-state index contributed by atoms with van der Waals surface area (Å²) in [5.41, 5.74) is 0.576. The third-order valence-electron chi connectivity index (χ3n) is 2.42. The van der Waals surface area contributed by atoms with Gasteiger partial charge in [-0.25, -0.2) is 0 Å². The lowest BCUT2D eigenvalue weighted by Gasteiger charge is -2.36. The molecule has 72 valence electrons. The van der Waals surface area contributed by atoms with Gasteiger partial charge in [0.2, 0.25) is 5.91 Å². The van der Waals surface area contributed by atoms with Crippen LogP contribution in [0.4, 0.5) is 0 Å². The minimum atomic E-state index is -0.186. The highest BCUT2D eigenvalue weighted by Crippen LogP contribution is 2.21. The molecule has 0 bridgehead atoms. The number of hydrogen-bond acceptors (Lipinski definition) is 2. The van der Waals surface area contributed by atoms with Gasteiger partial charge in [0.05, 0.1) is 0 Å². The molecule has 1 aliphatic heterocycles. The Morgan fingerprint density at radius 2 is 2.00 bits per heavy atom. The summed E-state index contributed by atoms with van der Waals surface area (Å²) < 4.78 is 0. The molecule has 0 N–H and O–H groups in total. The van der Waals surface area contributed by atoms with Crippen molar-refractivity contribution in [2.45, 2.75) is 19.4 Å². The van der Waals surface area contributed by atoms with E-state index in [-0.39, 0.29) is 17.9 Å². The number of amides is 2. The topological polar surface area (TPSA) is 37.4 Å². The van der Waals surface area contributed by atoms with Gasteiger partial charge in [0.25, 0.3) is 5.91 Å². The number of β-lactam (4-membered cyclic amide) rings is 1. The fraction of sp³-hybridized carbons (Fsp3) is 0.273. The SMILES string of the molecule is C[C@H]1CC(=O)N1C(=O)c1ccccc1. The molecular weight excluding hydrogens is 178 g/mol. The maximum absolute atomic E-state index is 11.8. The summed E-state index contributed by atoms with van der Waals surface area (Å²) in [6, 6.07) is 8.93. The van der Waals surface area contributed by atoms with E-state index in [0.29, 0.717) is 12.0 Å². The number of carbonyl (C=O) groups is 2. The zero-order valence-corrected chi connectivity index (χ0v) is 7.93. The van der Waals surface area contributed by atoms with E-state index in [2.05, 4.69) is 0 Å². The van der Waals surface area contributed by atoms with E-state index in [9.17, 15) is 9.59 Å². The van der Waals surface area contributed by atoms with Crippen LogP contribution in [0.2, 0.25) is 0 Å². The van der Waals surface area contributed by atoms with Gasteiger partial charge >= 0.3 is 0 Å². The second-order valence-corrected chi connectivity index (χ2v) is 3.49. The van der Waals surface area contributed by atoms with Crippen LogP contribution in [-0.4, -0.2) is 22.8 Å². The first-order valence-corrected chi connectivity index (χ1v) is 4.61. The summed E-state index contributed by atoms with van der Waals surface area (Å²) >= 11 is 0. The highest BCUT2D eigenvalue weighted by Gasteiger charge is 2.37. The molecule has 2 rings (SSSR count). The maximum Gasteiger partial charge on any atom is 0.260 e. The second kappa shape index (κ2) is 3.25. The largest absolute Gasteiger partial charge is 0.275 e. The molecule has 1 aromatic carbocycles. The number of hydrogen-bond donors (Lipinski definition) is 0. The van der Waals surface area contributed by atoms with Crippen LogP contribution in [-0.2, 0) is 4.79 Å². The van der Waals surface area contributed by atoms with Crippen molar-refractivity contribution in [3.63, 3.8) is 0 Å². The van der Waals surface area contributed by atoms with Gasteiger partial charge in [-0.1, -0.05) is 18.2 Å². The second-order valence-electron chi connectivity index (χ2n) is 3.49. The molecule has 3 heteroatoms. The Hall–Kier alpha value is -1.64. The number of rotatable bonds is 1. The molecule has 0 saturated carbocycles. The fourth-order valence-electron chi connectivity index (χ4n) is 1.61. The average Bonchev–Trinajstić information content (AvgIpc) is 2.18. The van der Waals surface area contributed by atoms with Crippen molar-refractivity contribution in [1.29, 1.82) is 0 Å². The molecule has 0 aliphatic carbocycles. The van der Waals surface area contributed by atoms with Crippen molar-refractivity contribution in [3.05, 3.63) is 35.9 Å². The molecule has 0 radical (unpaired) electrons. The summed E-state index contributed by atoms with van der Waals surface area (Å²) in [5, 5.41) is 0. The lowest BCUT2D eigenvalue weighted by molar-refractivity contribution is -0.140. The lowest BCUT2D eigenvalue weighted by Crippen LogP contribution is -2.54. The molecule has 14 heavy (non-hydrogen) atoms. The van der Waals surface area contributed by atoms with E-state index >= 15 is 0 Å². The molecule has 3 nitrogen and oxygen atoms in total. The third kappa shape index (κ3) is 1.31. The van der Waals surface area contributed by atoms with Crippen molar-refractivity contribution < 1.29 is 9.59 Å². The van der Waals surface area contributed by atoms with E-state index in [0.717, 1.165) is 0 Å². The Bertz CT molecular complexity index is 372. The van der Waals surface area contributed by atoms with Crippen LogP contribution in [0.15, 0.2) is 30.3 Å². The van der Waals surface area contributed by atoms with Crippen LogP contribution >= 0.6 is 0 Å². The Kier molecular flexibility index (Phi) is 2.08. The van der Waals surface area contributed by atoms with Crippen LogP contribution < -0.4 is 0 Å². The van der Waals surface area contributed by atoms with E-state index in [1.165, 1.54) is 4.90 Å². The van der Waals surface area contributed by atoms with Crippen LogP contribution in [0.3, 0.4) is 0 Å². The van der Waals surface area contributed by atoms with Gasteiger partial charge in [0, 0.05) is 18.0 Å². The summed E-state index contributed by atoms with van der Waals surface area (Å²) in [6.45, 7) is 1.88. The molecule has 1 fully saturated rings. The highest BCUT2D eigenvalue weighted by atomic mass is 16.2. The van der Waals surface area contributed by atoms with Crippen LogP contribution in [0.5, 0.6) is 0 Å². The van der Waals surface area contributed by atoms with Gasteiger partial charge < -0.3 is 0 Å². The number of likely N-dealkylation sites (tertiary alicyclic amines) is 1. The predicted octanol–water partition coefficient (Wildman–Crippen LogP) is 1.45. The summed E-state index contributed by atoms with van der Waals surface area (Å²) in [4.78, 5) is 24.2. The Balaban J connectivity index is 2.21. The zero-order valence-electron chi connectivity index (χ0n) is 7.93. The zero-order chi connectivity index (χ0) is 10.1. The quantitative estimate of drug-likeness (QED) is 0.495. The van der Waals surface area contributed by atoms with E-state index in [1.807, 2.05) is 13.0 Å². The lowest BCUT2D eigenvalue weighted by atomic mass is 10.0. The Morgan fingerprint density at radius 3 is 2.50 bits per heavy atom. The summed E-state index contributed by atoms with van der Waals surface area (Å²) in [7, 11) is 0. The highest BCUT2D eigenvalue weighted by molar-refractivity contribution is 6.08. The van der Waals surface area contributed by atoms with E-state index < -0.39 is 0 Å². The number of carbonyl (C=O) groups excluding carboxylic acids is 2. The molecule has 1 saturated heterocycles. The number of nitrogens with zero attached hydrogens (tertiary/aromatic N) is 1. The minimum Gasteiger partial charge on any atom is -0.275 e. The molecular formula is C11H11NO2. The normalized spacial score (nSPS) is 20.5. The monoisotopic (exact) mass is 189 g/mol. The van der Waals surface area contributed by atoms with Crippen molar-refractivity contribution in [3.8, 4) is 0 Å². The van der Waals surface area contributed by atoms with Crippen LogP contribution in [0.1, 0.15) is 23.7 Å². The number of imide groups is 1. The van der Waals surface area contributed by atoms with Gasteiger partial charge in [-0.15, -0.1) is 0 Å². The van der Waals surface area contributed by atoms with Crippen LogP contribution in [0, 0.1) is 0 Å². The van der Waals surface area contributed by atoms with E-state index in [1.54, 1.807) is 24.3 Å². The molecule has 1 heterocycles. The Morgan fingerprint density at radius 1 is 1.36 bits per heavy atom. The van der Waals surface area contributed by atoms with Gasteiger partial charge in [0.15, 0.2) is 0 Å². The first-order chi connectivity index (χ1) is 6.70. The molecule has 2 amide bonds. The molecule has 1 aromatic rings. The van der Waals surface area contributed by atoms with Gasteiger partial charge in [-0.2, -0.15) is 0 Å². The standard InChI is InChI=1S/C11H11NO2/c1-8-7-10(13)12(8)11(14)9-5-3-2-4-6-9/h2-6,8H,7H2,1H3/t8-/m0/s1. The smallest absolute Gasteiger partial charge is 0.260 e. The van der Waals surface area contributed by atoms with Crippen molar-refractivity contribution in [2.24, 2.45) is 0 Å². The molecule has 1 atom stereocenters. The third-order valence-corrected chi connectivity index (χ3v) is 2.42. The Labute approximate surface area is 82.3 Å². The first-order valence-electron chi connectivity index (χ1n) is 4.61. The van der Waals surface area contributed by atoms with Gasteiger partial charge in [-0.3, -0.25) is 14.5 Å². The summed E-state index contributed by atoms with van der Waals surface area (Å²) in [6.07, 6.45) is 0.485. The number of benzene rings is 1. The predicted molar refractivity (Wildman–Crippen MR) is 51.7 cm³/mol. The van der Waals surface area contributed by atoms with Crippen molar-refractivity contribution in [2.75, 3.05) is 0 Å². The minimum absolute atomic E-state index is 0.0511. The van der Waals surface area contributed by atoms with Crippen molar-refractivity contribution >= 4 is 11.8 Å². The summed E-state index contributed by atoms with van der Waals surface area (Å²) in [5.74, 6) is -0.263. The van der Waals surface area contributed by atoms with Gasteiger partial charge in [0.1, 0.15) is 0 Å². The molecule has 0 unspecified atom stereocenters. The first kappa shape index (κ1) is 8.94. The fourth-order valence-corrected chi connectivity index (χ4v) is 1.61. The van der Waals surface area contributed by atoms with Crippen molar-refractivity contribution in [1.82, 2.24) is 4.90 Å². The van der Waals surface area contributed by atoms with E-state index in [4.69, 9.17) is 0 Å². The molecule has 1 aliphatic rings. The van der Waals surface area contributed by atoms with Gasteiger partial charge in [-0.05, 0) is 19.1 Å². The molecule has 0 spiro atoms. The molecule has 0 aromatic heterocycles.